The summed E-state index contributed by atoms with van der Waals surface area (Å²) in [5.41, 5.74) is -1.03. The van der Waals surface area contributed by atoms with Crippen LogP contribution in [0.25, 0.3) is 0 Å². The maximum absolute atomic E-state index is 12.7. The third-order valence-corrected chi connectivity index (χ3v) is 7.07. The third kappa shape index (κ3) is 2.53. The molecule has 0 aromatic heterocycles. The summed E-state index contributed by atoms with van der Waals surface area (Å²) in [6.45, 7) is 5.82. The summed E-state index contributed by atoms with van der Waals surface area (Å²) in [6, 6.07) is 0. The molecule has 3 unspecified atom stereocenters. The largest absolute Gasteiger partial charge is 0.395 e. The number of hydrogen-bond donors (Lipinski definition) is 1. The average molecular weight is 331 g/mol. The lowest BCUT2D eigenvalue weighted by Crippen LogP contribution is -2.53. The van der Waals surface area contributed by atoms with E-state index in [0.29, 0.717) is 19.4 Å². The van der Waals surface area contributed by atoms with E-state index in [9.17, 15) is 18.0 Å². The van der Waals surface area contributed by atoms with Gasteiger partial charge < -0.3 is 5.11 Å². The molecule has 0 amide bonds. The molecule has 0 saturated heterocycles. The first kappa shape index (κ1) is 17.6. The molecule has 0 aromatic carbocycles. The number of aliphatic hydroxyl groups is 1. The van der Waals surface area contributed by atoms with Crippen molar-refractivity contribution >= 4 is 21.6 Å². The molecule has 126 valence electrons. The molecule has 0 spiro atoms. The normalized spacial score (nSPS) is 31.2. The SMILES string of the molecule is CCCN(CCO)S(=O)(=O)CC12CC(C(=O)C1=O)C2C(C)C. The predicted molar refractivity (Wildman–Crippen MR) is 81.6 cm³/mol. The lowest BCUT2D eigenvalue weighted by Gasteiger charge is -2.47. The molecule has 0 heterocycles. The van der Waals surface area contributed by atoms with Crippen LogP contribution in [0.15, 0.2) is 0 Å². The minimum atomic E-state index is -3.67. The smallest absolute Gasteiger partial charge is 0.215 e. The molecule has 0 aromatic rings. The zero-order chi connectivity index (χ0) is 16.7. The lowest BCUT2D eigenvalue weighted by molar-refractivity contribution is -0.136. The quantitative estimate of drug-likeness (QED) is 0.652. The first-order valence-corrected chi connectivity index (χ1v) is 9.49. The summed E-state index contributed by atoms with van der Waals surface area (Å²) in [4.78, 5) is 24.3. The van der Waals surface area contributed by atoms with Crippen LogP contribution in [0.5, 0.6) is 0 Å². The van der Waals surface area contributed by atoms with E-state index >= 15 is 0 Å². The zero-order valence-electron chi connectivity index (χ0n) is 13.4. The van der Waals surface area contributed by atoms with Crippen molar-refractivity contribution in [1.82, 2.24) is 4.31 Å². The number of carbonyl (C=O) groups excluding carboxylic acids is 2. The Bertz CT molecular complexity index is 564. The standard InChI is InChI=1S/C15H25NO5S/c1-4-5-16(6-7-17)22(20,21)9-15-8-11(12(15)10(2)3)13(18)14(15)19/h10-12,17H,4-9H2,1-3H3. The molecule has 3 atom stereocenters. The van der Waals surface area contributed by atoms with Crippen LogP contribution in [-0.4, -0.2) is 54.8 Å². The molecule has 7 heteroatoms. The molecule has 3 aliphatic carbocycles. The van der Waals surface area contributed by atoms with Crippen molar-refractivity contribution in [2.24, 2.45) is 23.2 Å². The van der Waals surface area contributed by atoms with Crippen LogP contribution in [0, 0.1) is 23.2 Å². The Kier molecular flexibility index (Phi) is 4.80. The van der Waals surface area contributed by atoms with Crippen molar-refractivity contribution in [1.29, 1.82) is 0 Å². The summed E-state index contributed by atoms with van der Waals surface area (Å²) in [7, 11) is -3.67. The number of hydrogen-bond acceptors (Lipinski definition) is 5. The highest BCUT2D eigenvalue weighted by molar-refractivity contribution is 7.89. The van der Waals surface area contributed by atoms with Gasteiger partial charge in [-0.05, 0) is 24.7 Å². The van der Waals surface area contributed by atoms with E-state index in [-0.39, 0.29) is 36.7 Å². The van der Waals surface area contributed by atoms with Gasteiger partial charge in [0, 0.05) is 19.0 Å². The van der Waals surface area contributed by atoms with Gasteiger partial charge in [0.05, 0.1) is 17.8 Å². The zero-order valence-corrected chi connectivity index (χ0v) is 14.2. The molecular weight excluding hydrogens is 306 g/mol. The molecule has 3 saturated carbocycles. The number of Topliss-reactive ketones (excluding diaryl/α,β-unsaturated/α-hetero) is 2. The highest BCUT2D eigenvalue weighted by Gasteiger charge is 2.71. The van der Waals surface area contributed by atoms with Crippen molar-refractivity contribution in [2.75, 3.05) is 25.4 Å². The Hall–Kier alpha value is -0.790. The number of carbonyl (C=O) groups is 2. The molecule has 2 bridgehead atoms. The van der Waals surface area contributed by atoms with Crippen LogP contribution in [0.1, 0.15) is 33.6 Å². The number of fused-ring (bicyclic) bond motifs is 1. The van der Waals surface area contributed by atoms with Gasteiger partial charge in [-0.3, -0.25) is 9.59 Å². The topological polar surface area (TPSA) is 91.8 Å². The van der Waals surface area contributed by atoms with Crippen molar-refractivity contribution in [3.8, 4) is 0 Å². The van der Waals surface area contributed by atoms with Crippen LogP contribution >= 0.6 is 0 Å². The maximum atomic E-state index is 12.7. The second kappa shape index (κ2) is 6.02. The molecule has 22 heavy (non-hydrogen) atoms. The number of rotatable bonds is 8. The van der Waals surface area contributed by atoms with Gasteiger partial charge >= 0.3 is 0 Å². The number of aliphatic hydroxyl groups excluding tert-OH is 1. The average Bonchev–Trinajstić information content (AvgIpc) is 2.73. The van der Waals surface area contributed by atoms with Crippen molar-refractivity contribution in [3.05, 3.63) is 0 Å². The summed E-state index contributed by atoms with van der Waals surface area (Å²) in [6.07, 6.45) is 1.00. The fraction of sp³-hybridized carbons (Fsp3) is 0.867. The lowest BCUT2D eigenvalue weighted by atomic mass is 9.57. The van der Waals surface area contributed by atoms with Crippen molar-refractivity contribution in [2.45, 2.75) is 33.6 Å². The highest BCUT2D eigenvalue weighted by atomic mass is 32.2. The fourth-order valence-corrected chi connectivity index (χ4v) is 6.38. The monoisotopic (exact) mass is 331 g/mol. The van der Waals surface area contributed by atoms with Gasteiger partial charge in [0.2, 0.25) is 21.6 Å². The first-order chi connectivity index (χ1) is 10.2. The Balaban J connectivity index is 2.27. The van der Waals surface area contributed by atoms with Crippen LogP contribution in [0.2, 0.25) is 0 Å². The van der Waals surface area contributed by atoms with Gasteiger partial charge in [0.25, 0.3) is 0 Å². The van der Waals surface area contributed by atoms with E-state index in [1.807, 2.05) is 20.8 Å². The van der Waals surface area contributed by atoms with Crippen LogP contribution in [-0.2, 0) is 19.6 Å². The van der Waals surface area contributed by atoms with Crippen LogP contribution in [0.3, 0.4) is 0 Å². The Morgan fingerprint density at radius 3 is 2.41 bits per heavy atom. The second-order valence-electron chi connectivity index (χ2n) is 6.81. The van der Waals surface area contributed by atoms with Gasteiger partial charge in [0.15, 0.2) is 0 Å². The number of nitrogens with zero attached hydrogens (tertiary/aromatic N) is 1. The van der Waals surface area contributed by atoms with Gasteiger partial charge in [-0.1, -0.05) is 20.8 Å². The van der Waals surface area contributed by atoms with Crippen LogP contribution < -0.4 is 0 Å². The van der Waals surface area contributed by atoms with E-state index in [2.05, 4.69) is 0 Å². The van der Waals surface area contributed by atoms with E-state index in [0.717, 1.165) is 0 Å². The molecule has 3 fully saturated rings. The number of sulfonamides is 1. The predicted octanol–water partition coefficient (Wildman–Crippen LogP) is 0.451. The molecule has 0 aliphatic heterocycles. The third-order valence-electron chi connectivity index (χ3n) is 5.04. The molecule has 6 nitrogen and oxygen atoms in total. The summed E-state index contributed by atoms with van der Waals surface area (Å²) in [5.74, 6) is -1.55. The minimum Gasteiger partial charge on any atom is -0.395 e. The van der Waals surface area contributed by atoms with Gasteiger partial charge in [-0.25, -0.2) is 8.42 Å². The summed E-state index contributed by atoms with van der Waals surface area (Å²) in [5, 5.41) is 9.07. The Morgan fingerprint density at radius 1 is 1.32 bits per heavy atom. The van der Waals surface area contributed by atoms with E-state index in [4.69, 9.17) is 5.11 Å². The molecule has 3 aliphatic rings. The molecular formula is C15H25NO5S. The maximum Gasteiger partial charge on any atom is 0.215 e. The summed E-state index contributed by atoms with van der Waals surface area (Å²) >= 11 is 0. The van der Waals surface area contributed by atoms with E-state index < -0.39 is 27.0 Å². The van der Waals surface area contributed by atoms with Crippen molar-refractivity contribution < 1.29 is 23.1 Å². The Labute approximate surface area is 131 Å². The van der Waals surface area contributed by atoms with Crippen molar-refractivity contribution in [3.63, 3.8) is 0 Å². The second-order valence-corrected chi connectivity index (χ2v) is 8.78. The van der Waals surface area contributed by atoms with Gasteiger partial charge in [-0.2, -0.15) is 4.31 Å². The van der Waals surface area contributed by atoms with Gasteiger partial charge in [0.1, 0.15) is 0 Å². The number of ketones is 2. The fourth-order valence-electron chi connectivity index (χ4n) is 4.28. The summed E-state index contributed by atoms with van der Waals surface area (Å²) < 4.78 is 26.6. The van der Waals surface area contributed by atoms with Crippen LogP contribution in [0.4, 0.5) is 0 Å². The molecule has 1 N–H and O–H groups in total. The molecule has 3 rings (SSSR count). The van der Waals surface area contributed by atoms with E-state index in [1.54, 1.807) is 0 Å². The van der Waals surface area contributed by atoms with E-state index in [1.165, 1.54) is 4.31 Å². The van der Waals surface area contributed by atoms with Gasteiger partial charge in [-0.15, -0.1) is 0 Å². The Morgan fingerprint density at radius 2 is 1.95 bits per heavy atom. The molecule has 0 radical (unpaired) electrons. The highest BCUT2D eigenvalue weighted by Crippen LogP contribution is 2.62. The minimum absolute atomic E-state index is 0.0319. The first-order valence-electron chi connectivity index (χ1n) is 7.88.